The van der Waals surface area contributed by atoms with Gasteiger partial charge in [0.25, 0.3) is 5.91 Å². The Bertz CT molecular complexity index is 1340. The van der Waals surface area contributed by atoms with Gasteiger partial charge < -0.3 is 14.2 Å². The van der Waals surface area contributed by atoms with Gasteiger partial charge in [-0.2, -0.15) is 0 Å². The van der Waals surface area contributed by atoms with Gasteiger partial charge >= 0.3 is 0 Å². The zero-order chi connectivity index (χ0) is 28.9. The third-order valence-electron chi connectivity index (χ3n) is 8.58. The molecule has 0 saturated heterocycles. The van der Waals surface area contributed by atoms with E-state index in [1.165, 1.54) is 6.42 Å². The summed E-state index contributed by atoms with van der Waals surface area (Å²) >= 11 is 0. The van der Waals surface area contributed by atoms with Crippen LogP contribution in [0.2, 0.25) is 0 Å². The van der Waals surface area contributed by atoms with Crippen LogP contribution >= 0.6 is 0 Å². The minimum atomic E-state index is -0.0289. The van der Waals surface area contributed by atoms with Crippen molar-refractivity contribution >= 4 is 17.5 Å². The minimum Gasteiger partial charge on any atom is -0.421 e. The summed E-state index contributed by atoms with van der Waals surface area (Å²) in [6.45, 7) is 11.7. The fraction of sp³-hybridized carbons (Fsp3) is 0.515. The van der Waals surface area contributed by atoms with Crippen molar-refractivity contribution in [3.63, 3.8) is 0 Å². The molecule has 1 aromatic heterocycles. The van der Waals surface area contributed by atoms with E-state index < -0.39 is 0 Å². The van der Waals surface area contributed by atoms with Gasteiger partial charge in [-0.3, -0.25) is 14.5 Å². The molecule has 2 amide bonds. The van der Waals surface area contributed by atoms with E-state index in [1.807, 2.05) is 35.2 Å². The van der Waals surface area contributed by atoms with Gasteiger partial charge in [-0.15, -0.1) is 10.2 Å². The number of carbonyl (C=O) groups excluding carboxylic acids is 2. The first kappa shape index (κ1) is 29.0. The lowest BCUT2D eigenvalue weighted by molar-refractivity contribution is -0.123. The Hall–Kier alpha value is -3.52. The number of rotatable bonds is 4. The SMILES string of the molecule is Cc1nnc(-c2ccc(C(=O)N3CCN(C(C)C)CCCN(C(=O)C4CCCCC4)c4c(C)cccc4C3)cc2)o1. The van der Waals surface area contributed by atoms with Crippen LogP contribution in [0.1, 0.15) is 79.7 Å². The Labute approximate surface area is 243 Å². The maximum absolute atomic E-state index is 14.0. The molecule has 2 aliphatic rings. The fourth-order valence-corrected chi connectivity index (χ4v) is 6.25. The van der Waals surface area contributed by atoms with Crippen LogP contribution in [-0.2, 0) is 11.3 Å². The third-order valence-corrected chi connectivity index (χ3v) is 8.58. The maximum Gasteiger partial charge on any atom is 0.254 e. The minimum absolute atomic E-state index is 0.0289. The van der Waals surface area contributed by atoms with Crippen LogP contribution in [-0.4, -0.2) is 64.0 Å². The number of para-hydroxylation sites is 1. The lowest BCUT2D eigenvalue weighted by Crippen LogP contribution is -2.41. The molecule has 5 rings (SSSR count). The van der Waals surface area contributed by atoms with E-state index in [2.05, 4.69) is 52.9 Å². The van der Waals surface area contributed by atoms with E-state index in [-0.39, 0.29) is 17.7 Å². The van der Waals surface area contributed by atoms with Gasteiger partial charge in [-0.05, 0) is 75.4 Å². The van der Waals surface area contributed by atoms with Crippen molar-refractivity contribution in [2.75, 3.05) is 31.1 Å². The molecule has 0 unspecified atom stereocenters. The summed E-state index contributed by atoms with van der Waals surface area (Å²) in [5.74, 6) is 1.25. The molecule has 1 saturated carbocycles. The van der Waals surface area contributed by atoms with Gasteiger partial charge in [-0.1, -0.05) is 37.5 Å². The molecule has 2 heterocycles. The van der Waals surface area contributed by atoms with Crippen LogP contribution in [0.3, 0.4) is 0 Å². The molecule has 0 spiro atoms. The first-order valence-corrected chi connectivity index (χ1v) is 15.2. The van der Waals surface area contributed by atoms with Gasteiger partial charge in [0.2, 0.25) is 17.7 Å². The summed E-state index contributed by atoms with van der Waals surface area (Å²) in [6.07, 6.45) is 6.31. The highest BCUT2D eigenvalue weighted by Gasteiger charge is 2.30. The second-order valence-electron chi connectivity index (χ2n) is 11.8. The van der Waals surface area contributed by atoms with Crippen molar-refractivity contribution in [3.8, 4) is 11.5 Å². The van der Waals surface area contributed by atoms with Crippen molar-refractivity contribution in [1.29, 1.82) is 0 Å². The summed E-state index contributed by atoms with van der Waals surface area (Å²) in [5.41, 5.74) is 4.49. The van der Waals surface area contributed by atoms with Gasteiger partial charge in [-0.25, -0.2) is 0 Å². The number of anilines is 1. The molecule has 0 atom stereocenters. The fourth-order valence-electron chi connectivity index (χ4n) is 6.25. The van der Waals surface area contributed by atoms with Crippen LogP contribution in [0.4, 0.5) is 5.69 Å². The first-order valence-electron chi connectivity index (χ1n) is 15.2. The van der Waals surface area contributed by atoms with E-state index in [4.69, 9.17) is 4.42 Å². The standard InChI is InChI=1S/C33H43N5O3/c1-23(2)36-18-9-19-38(33(40)27-11-6-5-7-12-27)30-24(3)10-8-13-29(30)22-37(21-20-36)32(39)28-16-14-26(15-17-28)31-35-34-25(4)41-31/h8,10,13-17,23,27H,5-7,9,11-12,18-22H2,1-4H3. The molecule has 1 aliphatic carbocycles. The molecular formula is C33H43N5O3. The smallest absolute Gasteiger partial charge is 0.254 e. The summed E-state index contributed by atoms with van der Waals surface area (Å²) in [4.78, 5) is 34.5. The predicted octanol–water partition coefficient (Wildman–Crippen LogP) is 6.02. The number of aryl methyl sites for hydroxylation is 2. The molecule has 0 radical (unpaired) electrons. The normalized spacial score (nSPS) is 17.8. The van der Waals surface area contributed by atoms with Gasteiger partial charge in [0.1, 0.15) is 0 Å². The zero-order valence-electron chi connectivity index (χ0n) is 24.9. The second-order valence-corrected chi connectivity index (χ2v) is 11.8. The number of hydrogen-bond donors (Lipinski definition) is 0. The molecule has 1 fully saturated rings. The van der Waals surface area contributed by atoms with Crippen molar-refractivity contribution in [2.45, 2.75) is 78.8 Å². The van der Waals surface area contributed by atoms with Gasteiger partial charge in [0, 0.05) is 62.7 Å². The molecule has 2 aromatic carbocycles. The number of fused-ring (bicyclic) bond motifs is 1. The number of carbonyl (C=O) groups is 2. The van der Waals surface area contributed by atoms with Crippen molar-refractivity contribution in [2.24, 2.45) is 5.92 Å². The predicted molar refractivity (Wildman–Crippen MR) is 161 cm³/mol. The highest BCUT2D eigenvalue weighted by atomic mass is 16.4. The molecule has 218 valence electrons. The molecule has 8 heteroatoms. The molecule has 0 N–H and O–H groups in total. The van der Waals surface area contributed by atoms with E-state index in [9.17, 15) is 9.59 Å². The van der Waals surface area contributed by atoms with Crippen LogP contribution in [0.5, 0.6) is 0 Å². The number of nitrogens with zero attached hydrogens (tertiary/aromatic N) is 5. The van der Waals surface area contributed by atoms with E-state index in [0.29, 0.717) is 43.0 Å². The van der Waals surface area contributed by atoms with Crippen LogP contribution < -0.4 is 4.90 Å². The highest BCUT2D eigenvalue weighted by molar-refractivity contribution is 5.97. The number of aromatic nitrogens is 2. The molecule has 1 aliphatic heterocycles. The van der Waals surface area contributed by atoms with E-state index >= 15 is 0 Å². The van der Waals surface area contributed by atoms with Crippen LogP contribution in [0.25, 0.3) is 11.5 Å². The summed E-state index contributed by atoms with van der Waals surface area (Å²) in [7, 11) is 0. The topological polar surface area (TPSA) is 82.8 Å². The van der Waals surface area contributed by atoms with Gasteiger partial charge in [0.05, 0.1) is 5.69 Å². The van der Waals surface area contributed by atoms with Crippen molar-refractivity contribution < 1.29 is 14.0 Å². The van der Waals surface area contributed by atoms with Crippen LogP contribution in [0.15, 0.2) is 46.9 Å². The lowest BCUT2D eigenvalue weighted by atomic mass is 9.87. The second kappa shape index (κ2) is 13.0. The highest BCUT2D eigenvalue weighted by Crippen LogP contribution is 2.33. The summed E-state index contributed by atoms with van der Waals surface area (Å²) in [5, 5.41) is 8.01. The van der Waals surface area contributed by atoms with Crippen molar-refractivity contribution in [1.82, 2.24) is 20.0 Å². The monoisotopic (exact) mass is 557 g/mol. The Morgan fingerprint density at radius 1 is 0.878 bits per heavy atom. The Balaban J connectivity index is 1.48. The van der Waals surface area contributed by atoms with E-state index in [0.717, 1.165) is 67.6 Å². The Morgan fingerprint density at radius 2 is 1.63 bits per heavy atom. The summed E-state index contributed by atoms with van der Waals surface area (Å²) in [6, 6.07) is 13.9. The Kier molecular flexibility index (Phi) is 9.18. The molecule has 0 bridgehead atoms. The van der Waals surface area contributed by atoms with Crippen LogP contribution in [0, 0.1) is 19.8 Å². The first-order chi connectivity index (χ1) is 19.8. The Morgan fingerprint density at radius 3 is 2.32 bits per heavy atom. The lowest BCUT2D eigenvalue weighted by Gasteiger charge is -2.33. The van der Waals surface area contributed by atoms with Crippen molar-refractivity contribution in [3.05, 3.63) is 65.0 Å². The quantitative estimate of drug-likeness (QED) is 0.390. The maximum atomic E-state index is 14.0. The molecular weight excluding hydrogens is 514 g/mol. The molecule has 8 nitrogen and oxygen atoms in total. The third kappa shape index (κ3) is 6.70. The largest absolute Gasteiger partial charge is 0.421 e. The number of hydrogen-bond acceptors (Lipinski definition) is 6. The van der Waals surface area contributed by atoms with Gasteiger partial charge in [0.15, 0.2) is 0 Å². The number of benzene rings is 2. The van der Waals surface area contributed by atoms with E-state index in [1.54, 1.807) is 6.92 Å². The summed E-state index contributed by atoms with van der Waals surface area (Å²) < 4.78 is 5.56. The molecule has 3 aromatic rings. The number of amides is 2. The molecule has 41 heavy (non-hydrogen) atoms. The zero-order valence-corrected chi connectivity index (χ0v) is 24.9. The average Bonchev–Trinajstić information content (AvgIpc) is 3.41. The average molecular weight is 558 g/mol.